The van der Waals surface area contributed by atoms with Crippen LogP contribution < -0.4 is 0 Å². The molecule has 0 bridgehead atoms. The second kappa shape index (κ2) is 44.2. The van der Waals surface area contributed by atoms with Crippen molar-refractivity contribution in [1.82, 2.24) is 24.5 Å². The van der Waals surface area contributed by atoms with Crippen LogP contribution in [0.4, 0.5) is 0 Å². The molecule has 0 amide bonds. The molecule has 5 rings (SSSR count). The molecule has 5 aliphatic heterocycles. The molecule has 0 atom stereocenters. The van der Waals surface area contributed by atoms with Crippen LogP contribution in [-0.2, 0) is 0 Å². The molecule has 10 heteroatoms. The van der Waals surface area contributed by atoms with Gasteiger partial charge >= 0.3 is 418 Å². The van der Waals surface area contributed by atoms with E-state index in [1.54, 1.807) is 77.5 Å². The van der Waals surface area contributed by atoms with Gasteiger partial charge in [-0.1, -0.05) is 0 Å². The fraction of sp³-hybridized carbons (Fsp3) is 1.00. The van der Waals surface area contributed by atoms with E-state index in [0.717, 1.165) is 0 Å². The summed E-state index contributed by atoms with van der Waals surface area (Å²) in [6, 6.07) is 0. The molecule has 0 aromatic carbocycles. The van der Waals surface area contributed by atoms with E-state index in [1.165, 1.54) is 169 Å². The molecule has 5 nitrogen and oxygen atoms in total. The Kier molecular flexibility index (Phi) is 44.9. The molecule has 5 aliphatic rings. The van der Waals surface area contributed by atoms with Crippen LogP contribution in [0.15, 0.2) is 0 Å². The van der Waals surface area contributed by atoms with Crippen LogP contribution in [0.25, 0.3) is 0 Å². The van der Waals surface area contributed by atoms with Crippen molar-refractivity contribution in [3.05, 3.63) is 0 Å². The van der Waals surface area contributed by atoms with Crippen LogP contribution in [0.2, 0.25) is 75.6 Å². The van der Waals surface area contributed by atoms with Crippen LogP contribution in [0, 0.1) is 0 Å². The Morgan fingerprint density at radius 2 is 0.705 bits per heavy atom. The Morgan fingerprint density at radius 1 is 0.344 bits per heavy atom. The molecule has 0 unspecified atom stereocenters. The first-order valence-electron chi connectivity index (χ1n) is 28.3. The normalized spacial score (nSPS) is 21.4. The van der Waals surface area contributed by atoms with Crippen molar-refractivity contribution in [3.8, 4) is 0 Å². The van der Waals surface area contributed by atoms with Crippen LogP contribution in [0.3, 0.4) is 0 Å². The van der Waals surface area contributed by atoms with E-state index in [-0.39, 0.29) is 0 Å². The fourth-order valence-corrected chi connectivity index (χ4v) is 38.6. The molecule has 0 radical (unpaired) electrons. The average molecular weight is 1140 g/mol. The van der Waals surface area contributed by atoms with Gasteiger partial charge in [-0.2, -0.15) is 0 Å². The van der Waals surface area contributed by atoms with Crippen molar-refractivity contribution in [3.63, 3.8) is 0 Å². The van der Waals surface area contributed by atoms with Crippen molar-refractivity contribution in [1.29, 1.82) is 0 Å². The first-order chi connectivity index (χ1) is 29.7. The molecule has 0 spiro atoms. The number of nitrogens with zero attached hydrogens (tertiary/aromatic N) is 5. The minimum absolute atomic E-state index is 0.597. The summed E-state index contributed by atoms with van der Waals surface area (Å²) in [5.74, 6) is 0. The Balaban J connectivity index is 0.000000388. The molecular weight excluding hydrogens is 1030 g/mol. The van der Waals surface area contributed by atoms with E-state index in [0.29, 0.717) is 0 Å². The molecule has 5 saturated heterocycles. The molecule has 0 aromatic rings. The van der Waals surface area contributed by atoms with Gasteiger partial charge in [0, 0.05) is 0 Å². The number of unbranched alkanes of at least 4 members (excludes halogenated alkanes) is 2. The van der Waals surface area contributed by atoms with E-state index in [2.05, 4.69) is 91.0 Å². The van der Waals surface area contributed by atoms with Crippen molar-refractivity contribution in [2.45, 2.75) is 214 Å². The third-order valence-electron chi connectivity index (χ3n) is 15.5. The standard InChI is InChI=1S/C12H25N.C10H21N.C8H17N.C6H13N.C5H11N.2C3H7.C2H5.2CH3.5Ga/c1-4-7-10-13(11-8-5-2)12-9-6-3;1-4-7-9-11(6-3)10-8-5-2;1-4-7-8-9(5-2)6-3;1-4-7(5-2)6-3;1-4-6(3)5-2;2*1-3-2;1-2;;;;;;;/h1-2,4-12H2,3H3;1-2,4-10H2,3H3;2-8H2,1H3;1-2,4-6H2,3H3;1-2,4-5H2,3H3;2*1,3H2,2H3;1H2,2H3;2*1H3;;;;;. The van der Waals surface area contributed by atoms with Gasteiger partial charge in [0.25, 0.3) is 0 Å². The fourth-order valence-electron chi connectivity index (χ4n) is 10.5. The van der Waals surface area contributed by atoms with E-state index >= 15 is 0 Å². The topological polar surface area (TPSA) is 16.2 Å². The molecule has 356 valence electrons. The molecule has 0 N–H and O–H groups in total. The van der Waals surface area contributed by atoms with Gasteiger partial charge in [-0.15, -0.1) is 0 Å². The predicted octanol–water partition coefficient (Wildman–Crippen LogP) is 13.5. The minimum atomic E-state index is -0.784. The molecule has 5 heterocycles. The third kappa shape index (κ3) is 35.7. The van der Waals surface area contributed by atoms with Gasteiger partial charge in [-0.3, -0.25) is 0 Å². The first-order valence-corrected chi connectivity index (χ1v) is 55.4. The molecular formula is C51H112Ga5N5. The third-order valence-corrected chi connectivity index (χ3v) is 49.0. The van der Waals surface area contributed by atoms with Gasteiger partial charge < -0.3 is 0 Å². The molecule has 0 aliphatic carbocycles. The summed E-state index contributed by atoms with van der Waals surface area (Å²) >= 11 is -3.38. The van der Waals surface area contributed by atoms with E-state index in [1.807, 2.05) is 0 Å². The second-order valence-electron chi connectivity index (χ2n) is 21.1. The predicted molar refractivity (Wildman–Crippen MR) is 291 cm³/mol. The number of rotatable bonds is 13. The van der Waals surface area contributed by atoms with Crippen LogP contribution in [-0.4, -0.2) is 204 Å². The van der Waals surface area contributed by atoms with Crippen LogP contribution in [0.1, 0.15) is 138 Å². The van der Waals surface area contributed by atoms with E-state index < -0.39 is 81.1 Å². The summed E-state index contributed by atoms with van der Waals surface area (Å²) < 4.78 is 0. The second-order valence-corrected chi connectivity index (χ2v) is 57.5. The average Bonchev–Trinajstić information content (AvgIpc) is 3.29. The number of hydrogen-bond acceptors (Lipinski definition) is 5. The monoisotopic (exact) mass is 1140 g/mol. The van der Waals surface area contributed by atoms with E-state index in [4.69, 9.17) is 0 Å². The van der Waals surface area contributed by atoms with Gasteiger partial charge in [0.05, 0.1) is 0 Å². The summed E-state index contributed by atoms with van der Waals surface area (Å²) in [5.41, 5.74) is 5.15. The van der Waals surface area contributed by atoms with Crippen LogP contribution in [0.5, 0.6) is 0 Å². The summed E-state index contributed by atoms with van der Waals surface area (Å²) in [4.78, 5) is 34.3. The zero-order chi connectivity index (χ0) is 44.8. The van der Waals surface area contributed by atoms with Gasteiger partial charge in [-0.25, -0.2) is 0 Å². The van der Waals surface area contributed by atoms with Crippen molar-refractivity contribution in [2.75, 3.05) is 98.7 Å². The summed E-state index contributed by atoms with van der Waals surface area (Å²) in [6.45, 7) is 35.6. The van der Waals surface area contributed by atoms with Gasteiger partial charge in [0.2, 0.25) is 0 Å². The molecule has 5 fully saturated rings. The van der Waals surface area contributed by atoms with Crippen molar-refractivity contribution < 1.29 is 0 Å². The Morgan fingerprint density at radius 3 is 1.13 bits per heavy atom. The first kappa shape index (κ1) is 62.0. The van der Waals surface area contributed by atoms with Gasteiger partial charge in [0.1, 0.15) is 0 Å². The van der Waals surface area contributed by atoms with Crippen molar-refractivity contribution in [2.24, 2.45) is 0 Å². The molecule has 0 saturated carbocycles. The van der Waals surface area contributed by atoms with Gasteiger partial charge in [0.15, 0.2) is 0 Å². The SMILES string of the molecule is CCCCN1CCC[CH2][Ga]([CH2]CC)[CH2]CCC1.CCCCN1C[CH2][Ga]([CH2]C)[CH2]C1.CCN1CCC[CH2][Ga]([CH3])[CH2]CCC1.CCN1C[CH2][Ga]([CH3])[CH2]C1.CC[CH2][Ga]1[CH2]CN(C)C[CH2]1. The van der Waals surface area contributed by atoms with Crippen LogP contribution >= 0.6 is 0 Å². The maximum absolute atomic E-state index is 2.73. The Hall–Kier alpha value is 2.98. The number of hydrogen-bond donors (Lipinski definition) is 0. The summed E-state index contributed by atoms with van der Waals surface area (Å²) in [7, 11) is 2.25. The maximum atomic E-state index is 2.73. The molecule has 0 aromatic heterocycles. The molecule has 61 heavy (non-hydrogen) atoms. The Labute approximate surface area is 414 Å². The summed E-state index contributed by atoms with van der Waals surface area (Å²) in [6.07, 6.45) is 20.5. The zero-order valence-electron chi connectivity index (χ0n) is 44.1. The summed E-state index contributed by atoms with van der Waals surface area (Å²) in [5, 5.41) is 0. The van der Waals surface area contributed by atoms with Crippen molar-refractivity contribution >= 4 is 81.1 Å². The Bertz CT molecular complexity index is 875. The van der Waals surface area contributed by atoms with Gasteiger partial charge in [-0.05, 0) is 0 Å². The zero-order valence-corrected chi connectivity index (χ0v) is 56.2. The van der Waals surface area contributed by atoms with E-state index in [9.17, 15) is 0 Å². The quantitative estimate of drug-likeness (QED) is 0.170.